The lowest BCUT2D eigenvalue weighted by molar-refractivity contribution is -0.339. The fourth-order valence-corrected chi connectivity index (χ4v) is 8.71. The van der Waals surface area contributed by atoms with Gasteiger partial charge in [-0.1, -0.05) is 50.2 Å². The molecule has 2 aromatic rings. The van der Waals surface area contributed by atoms with E-state index in [1.54, 1.807) is 50.2 Å². The Kier molecular flexibility index (Phi) is 7.22. The topological polar surface area (TPSA) is 177 Å². The van der Waals surface area contributed by atoms with E-state index in [0.29, 0.717) is 0 Å². The Bertz CT molecular complexity index is 1570. The van der Waals surface area contributed by atoms with E-state index in [9.17, 15) is 39.6 Å². The van der Waals surface area contributed by atoms with E-state index >= 15 is 0 Å². The molecule has 11 nitrogen and oxygen atoms in total. The van der Waals surface area contributed by atoms with E-state index in [2.05, 4.69) is 0 Å². The minimum absolute atomic E-state index is 0.0338. The number of ether oxygens (including phenoxy) is 3. The zero-order valence-electron chi connectivity index (χ0n) is 25.1. The average Bonchev–Trinajstić information content (AvgIpc) is 3.34. The summed E-state index contributed by atoms with van der Waals surface area (Å²) in [4.78, 5) is 53.0. The molecule has 238 valence electrons. The van der Waals surface area contributed by atoms with Crippen molar-refractivity contribution in [2.75, 3.05) is 0 Å². The molecule has 2 aromatic carbocycles. The summed E-state index contributed by atoms with van der Waals surface area (Å²) < 4.78 is 17.6. The molecule has 0 spiro atoms. The molecule has 1 aliphatic heterocycles. The van der Waals surface area contributed by atoms with E-state index in [-0.39, 0.29) is 36.0 Å². The molecular weight excluding hydrogens is 584 g/mol. The Morgan fingerprint density at radius 3 is 2.02 bits per heavy atom. The van der Waals surface area contributed by atoms with Gasteiger partial charge < -0.3 is 34.6 Å². The van der Waals surface area contributed by atoms with Crippen LogP contribution in [-0.2, 0) is 23.8 Å². The molecule has 10 atom stereocenters. The lowest BCUT2D eigenvalue weighted by Gasteiger charge is -2.69. The summed E-state index contributed by atoms with van der Waals surface area (Å²) in [6.07, 6.45) is -3.89. The summed E-state index contributed by atoms with van der Waals surface area (Å²) in [5.74, 6) is -8.41. The van der Waals surface area contributed by atoms with Gasteiger partial charge in [0.2, 0.25) is 5.79 Å². The number of carbonyl (C=O) groups excluding carboxylic acids is 3. The second-order valence-corrected chi connectivity index (χ2v) is 13.2. The largest absolute Gasteiger partial charge is 0.481 e. The first-order valence-corrected chi connectivity index (χ1v) is 15.0. The minimum atomic E-state index is -2.56. The van der Waals surface area contributed by atoms with Gasteiger partial charge in [0.15, 0.2) is 6.10 Å². The first-order valence-electron chi connectivity index (χ1n) is 15.0. The zero-order valence-corrected chi connectivity index (χ0v) is 25.1. The Balaban J connectivity index is 1.59. The Morgan fingerprint density at radius 1 is 0.911 bits per heavy atom. The van der Waals surface area contributed by atoms with Crippen LogP contribution >= 0.6 is 0 Å². The van der Waals surface area contributed by atoms with Crippen LogP contribution < -0.4 is 0 Å². The van der Waals surface area contributed by atoms with Gasteiger partial charge >= 0.3 is 23.9 Å². The van der Waals surface area contributed by atoms with Crippen molar-refractivity contribution in [1.82, 2.24) is 0 Å². The number of aliphatic hydroxyl groups is 3. The van der Waals surface area contributed by atoms with Crippen LogP contribution in [0.25, 0.3) is 0 Å². The number of carboxylic acids is 1. The smallest absolute Gasteiger partial charge is 0.338 e. The number of rotatable bonds is 5. The highest BCUT2D eigenvalue weighted by molar-refractivity contribution is 5.91. The Labute approximate surface area is 259 Å². The van der Waals surface area contributed by atoms with Gasteiger partial charge in [-0.25, -0.2) is 14.4 Å². The molecule has 4 N–H and O–H groups in total. The molecule has 0 radical (unpaired) electrons. The van der Waals surface area contributed by atoms with Gasteiger partial charge in [0, 0.05) is 29.4 Å². The van der Waals surface area contributed by atoms with Crippen molar-refractivity contribution in [3.05, 3.63) is 83.4 Å². The van der Waals surface area contributed by atoms with Crippen LogP contribution in [0.4, 0.5) is 0 Å². The number of benzene rings is 2. The maximum absolute atomic E-state index is 13.7. The van der Waals surface area contributed by atoms with Gasteiger partial charge in [-0.15, -0.1) is 0 Å². The van der Waals surface area contributed by atoms with E-state index in [1.807, 2.05) is 0 Å². The number of aliphatic hydroxyl groups excluding tert-OH is 1. The third-order valence-electron chi connectivity index (χ3n) is 11.1. The average molecular weight is 621 g/mol. The highest BCUT2D eigenvalue weighted by atomic mass is 16.7. The number of aliphatic carboxylic acids is 1. The number of carbonyl (C=O) groups is 4. The summed E-state index contributed by atoms with van der Waals surface area (Å²) in [6.45, 7) is 4.55. The summed E-state index contributed by atoms with van der Waals surface area (Å²) >= 11 is 0. The van der Waals surface area contributed by atoms with Crippen LogP contribution in [0.5, 0.6) is 0 Å². The SMILES string of the molecule is CC1C2=CC(=O)OC2(O)CC2C1C(OC(=O)c1ccccc1)C(OC(=O)c1ccccc1)C1(O)C2(C)CCC(O)C1(C)C(=O)O. The number of carboxylic acid groups (broad SMARTS) is 1. The predicted molar refractivity (Wildman–Crippen MR) is 155 cm³/mol. The minimum Gasteiger partial charge on any atom is -0.481 e. The van der Waals surface area contributed by atoms with Gasteiger partial charge in [0.1, 0.15) is 17.1 Å². The predicted octanol–water partition coefficient (Wildman–Crippen LogP) is 2.88. The monoisotopic (exact) mass is 620 g/mol. The van der Waals surface area contributed by atoms with Crippen molar-refractivity contribution in [2.24, 2.45) is 28.6 Å². The van der Waals surface area contributed by atoms with Gasteiger partial charge in [-0.2, -0.15) is 0 Å². The molecule has 3 fully saturated rings. The normalized spacial score (nSPS) is 40.1. The van der Waals surface area contributed by atoms with Crippen molar-refractivity contribution in [2.45, 2.75) is 69.7 Å². The molecule has 3 saturated carbocycles. The zero-order chi connectivity index (χ0) is 32.5. The van der Waals surface area contributed by atoms with Crippen molar-refractivity contribution in [3.8, 4) is 0 Å². The first-order chi connectivity index (χ1) is 21.2. The second kappa shape index (κ2) is 10.5. The molecule has 10 unspecified atom stereocenters. The second-order valence-electron chi connectivity index (χ2n) is 13.2. The molecule has 6 rings (SSSR count). The fourth-order valence-electron chi connectivity index (χ4n) is 8.71. The summed E-state index contributed by atoms with van der Waals surface area (Å²) in [6, 6.07) is 15.9. The van der Waals surface area contributed by atoms with Gasteiger partial charge in [-0.3, -0.25) is 4.79 Å². The lowest BCUT2D eigenvalue weighted by Crippen LogP contribution is -2.82. The van der Waals surface area contributed by atoms with E-state index < -0.39 is 82.2 Å². The molecule has 0 amide bonds. The number of esters is 3. The molecule has 3 aliphatic carbocycles. The molecule has 45 heavy (non-hydrogen) atoms. The van der Waals surface area contributed by atoms with E-state index in [0.717, 1.165) is 0 Å². The summed E-state index contributed by atoms with van der Waals surface area (Å²) in [7, 11) is 0. The maximum atomic E-state index is 13.7. The Morgan fingerprint density at radius 2 is 1.47 bits per heavy atom. The fraction of sp³-hybridized carbons (Fsp3) is 0.471. The van der Waals surface area contributed by atoms with Crippen LogP contribution in [-0.4, -0.2) is 74.0 Å². The van der Waals surface area contributed by atoms with Crippen LogP contribution in [0, 0.1) is 28.6 Å². The maximum Gasteiger partial charge on any atom is 0.338 e. The molecule has 1 heterocycles. The van der Waals surface area contributed by atoms with Crippen molar-refractivity contribution < 1.29 is 53.8 Å². The van der Waals surface area contributed by atoms with Crippen LogP contribution in [0.15, 0.2) is 72.3 Å². The molecule has 0 aromatic heterocycles. The first kappa shape index (κ1) is 30.9. The van der Waals surface area contributed by atoms with Crippen molar-refractivity contribution in [3.63, 3.8) is 0 Å². The number of hydrogen-bond acceptors (Lipinski definition) is 10. The standard InChI is InChI=1S/C34H36O11/c1-18-21-16-24(36)45-33(21,41)17-22-25(18)26(43-28(37)19-10-6-4-7-11-19)27(44-29(38)20-12-8-5-9-13-20)34(42)31(22,2)15-14-23(35)32(34,3)30(39)40/h4-13,16,18,22-23,25-27,35,41-42H,14-15,17H2,1-3H3,(H,39,40). The molecular formula is C34H36O11. The van der Waals surface area contributed by atoms with Gasteiger partial charge in [-0.05, 0) is 55.9 Å². The van der Waals surface area contributed by atoms with Crippen LogP contribution in [0.3, 0.4) is 0 Å². The van der Waals surface area contributed by atoms with Crippen molar-refractivity contribution >= 4 is 23.9 Å². The number of hydrogen-bond donors (Lipinski definition) is 4. The summed E-state index contributed by atoms with van der Waals surface area (Å²) in [5.41, 5.74) is -5.85. The number of fused-ring (bicyclic) bond motifs is 4. The molecule has 4 aliphatic rings. The van der Waals surface area contributed by atoms with E-state index in [4.69, 9.17) is 14.2 Å². The third kappa shape index (κ3) is 4.28. The van der Waals surface area contributed by atoms with Gasteiger partial charge in [0.25, 0.3) is 0 Å². The molecule has 0 bridgehead atoms. The quantitative estimate of drug-likeness (QED) is 0.286. The highest BCUT2D eigenvalue weighted by Gasteiger charge is 2.80. The molecule has 11 heteroatoms. The van der Waals surface area contributed by atoms with E-state index in [1.165, 1.54) is 37.3 Å². The van der Waals surface area contributed by atoms with Crippen LogP contribution in [0.1, 0.15) is 60.7 Å². The summed E-state index contributed by atoms with van der Waals surface area (Å²) in [5, 5.41) is 46.7. The lowest BCUT2D eigenvalue weighted by atomic mass is 9.38. The van der Waals surface area contributed by atoms with Crippen LogP contribution in [0.2, 0.25) is 0 Å². The van der Waals surface area contributed by atoms with Crippen molar-refractivity contribution in [1.29, 1.82) is 0 Å². The highest BCUT2D eigenvalue weighted by Crippen LogP contribution is 2.69. The molecule has 0 saturated heterocycles. The van der Waals surface area contributed by atoms with Gasteiger partial charge in [0.05, 0.1) is 17.2 Å². The Hall–Kier alpha value is -4.06. The third-order valence-corrected chi connectivity index (χ3v) is 11.1.